The molecule has 2 aromatic rings. The average molecular weight is 306 g/mol. The summed E-state index contributed by atoms with van der Waals surface area (Å²) in [6.45, 7) is 4.97. The van der Waals surface area contributed by atoms with E-state index in [1.165, 1.54) is 12.8 Å². The molecule has 21 heavy (non-hydrogen) atoms. The first-order valence-electron chi connectivity index (χ1n) is 7.35. The lowest BCUT2D eigenvalue weighted by Gasteiger charge is -2.11. The number of benzene rings is 1. The number of hydrogen-bond acceptors (Lipinski definition) is 3. The van der Waals surface area contributed by atoms with Gasteiger partial charge >= 0.3 is 0 Å². The van der Waals surface area contributed by atoms with Crippen molar-refractivity contribution in [2.24, 2.45) is 0 Å². The van der Waals surface area contributed by atoms with Crippen LogP contribution in [0.25, 0.3) is 0 Å². The fraction of sp³-hybridized carbons (Fsp3) is 0.438. The predicted molar refractivity (Wildman–Crippen MR) is 84.0 cm³/mol. The Hall–Kier alpha value is -1.52. The largest absolute Gasteiger partial charge is 0.454 e. The molecule has 5 heteroatoms. The van der Waals surface area contributed by atoms with Gasteiger partial charge in [-0.15, -0.1) is 0 Å². The maximum absolute atomic E-state index is 6.09. The number of hydrogen-bond donors (Lipinski definition) is 1. The lowest BCUT2D eigenvalue weighted by Crippen LogP contribution is -2.15. The SMILES string of the molecule is CC(C)n1cc(Oc2cc(Cl)ccc2CNC2CC2)cn1. The lowest BCUT2D eigenvalue weighted by atomic mass is 10.2. The molecule has 1 aromatic carbocycles. The Morgan fingerprint density at radius 3 is 2.90 bits per heavy atom. The number of ether oxygens (including phenoxy) is 1. The fourth-order valence-corrected chi connectivity index (χ4v) is 2.26. The highest BCUT2D eigenvalue weighted by Crippen LogP contribution is 2.29. The van der Waals surface area contributed by atoms with Crippen LogP contribution in [0.1, 0.15) is 38.3 Å². The van der Waals surface area contributed by atoms with Gasteiger partial charge in [0, 0.05) is 29.2 Å². The van der Waals surface area contributed by atoms with Gasteiger partial charge in [-0.3, -0.25) is 4.68 Å². The molecular formula is C16H20ClN3O. The first-order valence-corrected chi connectivity index (χ1v) is 7.73. The number of rotatable bonds is 6. The van der Waals surface area contributed by atoms with Gasteiger partial charge in [-0.05, 0) is 38.8 Å². The Balaban J connectivity index is 1.76. The van der Waals surface area contributed by atoms with Crippen LogP contribution >= 0.6 is 11.6 Å². The molecule has 0 amide bonds. The molecule has 1 N–H and O–H groups in total. The summed E-state index contributed by atoms with van der Waals surface area (Å²) < 4.78 is 7.84. The van der Waals surface area contributed by atoms with Crippen LogP contribution in [0.5, 0.6) is 11.5 Å². The molecular weight excluding hydrogens is 286 g/mol. The summed E-state index contributed by atoms with van der Waals surface area (Å²) in [5.41, 5.74) is 1.11. The van der Waals surface area contributed by atoms with Crippen LogP contribution in [-0.4, -0.2) is 15.8 Å². The van der Waals surface area contributed by atoms with E-state index in [2.05, 4.69) is 24.3 Å². The van der Waals surface area contributed by atoms with Crippen LogP contribution in [-0.2, 0) is 6.54 Å². The monoisotopic (exact) mass is 305 g/mol. The van der Waals surface area contributed by atoms with E-state index in [-0.39, 0.29) is 0 Å². The molecule has 0 bridgehead atoms. The number of nitrogens with one attached hydrogen (secondary N) is 1. The molecule has 1 aromatic heterocycles. The van der Waals surface area contributed by atoms with Gasteiger partial charge in [-0.1, -0.05) is 17.7 Å². The van der Waals surface area contributed by atoms with Crippen molar-refractivity contribution in [1.82, 2.24) is 15.1 Å². The van der Waals surface area contributed by atoms with Crippen molar-refractivity contribution in [3.63, 3.8) is 0 Å². The average Bonchev–Trinajstić information content (AvgIpc) is 3.15. The Kier molecular flexibility index (Phi) is 4.17. The molecule has 0 aliphatic heterocycles. The van der Waals surface area contributed by atoms with E-state index in [9.17, 15) is 0 Å². The van der Waals surface area contributed by atoms with E-state index in [4.69, 9.17) is 16.3 Å². The van der Waals surface area contributed by atoms with E-state index >= 15 is 0 Å². The minimum Gasteiger partial charge on any atom is -0.454 e. The van der Waals surface area contributed by atoms with Crippen LogP contribution < -0.4 is 10.1 Å². The predicted octanol–water partition coefficient (Wildman–Crippen LogP) is 4.16. The van der Waals surface area contributed by atoms with Crippen LogP contribution in [0.2, 0.25) is 5.02 Å². The quantitative estimate of drug-likeness (QED) is 0.871. The van der Waals surface area contributed by atoms with Gasteiger partial charge in [0.2, 0.25) is 0 Å². The molecule has 0 radical (unpaired) electrons. The molecule has 3 rings (SSSR count). The van der Waals surface area contributed by atoms with Crippen LogP contribution in [0.15, 0.2) is 30.6 Å². The normalized spacial score (nSPS) is 14.7. The van der Waals surface area contributed by atoms with E-state index in [1.54, 1.807) is 6.20 Å². The molecule has 0 unspecified atom stereocenters. The summed E-state index contributed by atoms with van der Waals surface area (Å²) in [6, 6.07) is 6.75. The van der Waals surface area contributed by atoms with Crippen LogP contribution in [0, 0.1) is 0 Å². The van der Waals surface area contributed by atoms with Crippen LogP contribution in [0.3, 0.4) is 0 Å². The lowest BCUT2D eigenvalue weighted by molar-refractivity contribution is 0.468. The Labute approximate surface area is 130 Å². The van der Waals surface area contributed by atoms with E-state index in [0.717, 1.165) is 23.6 Å². The minimum atomic E-state index is 0.317. The molecule has 112 valence electrons. The Morgan fingerprint density at radius 2 is 2.24 bits per heavy atom. The highest BCUT2D eigenvalue weighted by atomic mass is 35.5. The van der Waals surface area contributed by atoms with Crippen molar-refractivity contribution in [3.05, 3.63) is 41.2 Å². The summed E-state index contributed by atoms with van der Waals surface area (Å²) in [4.78, 5) is 0. The van der Waals surface area contributed by atoms with Crippen molar-refractivity contribution in [2.75, 3.05) is 0 Å². The minimum absolute atomic E-state index is 0.317. The highest BCUT2D eigenvalue weighted by molar-refractivity contribution is 6.30. The summed E-state index contributed by atoms with van der Waals surface area (Å²) in [5, 5.41) is 8.47. The van der Waals surface area contributed by atoms with Gasteiger partial charge in [-0.25, -0.2) is 0 Å². The van der Waals surface area contributed by atoms with Crippen molar-refractivity contribution in [3.8, 4) is 11.5 Å². The Morgan fingerprint density at radius 1 is 1.43 bits per heavy atom. The Bertz CT molecular complexity index is 620. The van der Waals surface area contributed by atoms with Crippen molar-refractivity contribution in [1.29, 1.82) is 0 Å². The maximum Gasteiger partial charge on any atom is 0.165 e. The highest BCUT2D eigenvalue weighted by Gasteiger charge is 2.20. The molecule has 0 spiro atoms. The summed E-state index contributed by atoms with van der Waals surface area (Å²) in [7, 11) is 0. The van der Waals surface area contributed by atoms with Gasteiger partial charge < -0.3 is 10.1 Å². The van der Waals surface area contributed by atoms with Gasteiger partial charge in [0.1, 0.15) is 5.75 Å². The molecule has 4 nitrogen and oxygen atoms in total. The summed E-state index contributed by atoms with van der Waals surface area (Å²) in [6.07, 6.45) is 6.18. The number of halogens is 1. The summed E-state index contributed by atoms with van der Waals surface area (Å²) >= 11 is 6.09. The molecule has 1 saturated carbocycles. The second kappa shape index (κ2) is 6.08. The maximum atomic E-state index is 6.09. The molecule has 0 atom stereocenters. The van der Waals surface area contributed by atoms with E-state index < -0.39 is 0 Å². The molecule has 0 saturated heterocycles. The third-order valence-electron chi connectivity index (χ3n) is 3.52. The van der Waals surface area contributed by atoms with Gasteiger partial charge in [0.15, 0.2) is 5.75 Å². The summed E-state index contributed by atoms with van der Waals surface area (Å²) in [5.74, 6) is 1.53. The third-order valence-corrected chi connectivity index (χ3v) is 3.76. The zero-order valence-electron chi connectivity index (χ0n) is 12.3. The zero-order chi connectivity index (χ0) is 14.8. The van der Waals surface area contributed by atoms with Gasteiger partial charge in [0.25, 0.3) is 0 Å². The van der Waals surface area contributed by atoms with Crippen molar-refractivity contribution < 1.29 is 4.74 Å². The van der Waals surface area contributed by atoms with Crippen molar-refractivity contribution >= 4 is 11.6 Å². The van der Waals surface area contributed by atoms with Crippen LogP contribution in [0.4, 0.5) is 0 Å². The smallest absolute Gasteiger partial charge is 0.165 e. The first kappa shape index (κ1) is 14.4. The van der Waals surface area contributed by atoms with E-state index in [0.29, 0.717) is 17.1 Å². The molecule has 1 aliphatic rings. The second-order valence-corrected chi connectivity index (χ2v) is 6.20. The molecule has 1 heterocycles. The fourth-order valence-electron chi connectivity index (χ4n) is 2.09. The molecule has 1 aliphatic carbocycles. The second-order valence-electron chi connectivity index (χ2n) is 5.76. The topological polar surface area (TPSA) is 39.1 Å². The third kappa shape index (κ3) is 3.77. The van der Waals surface area contributed by atoms with Gasteiger partial charge in [-0.2, -0.15) is 5.10 Å². The number of aromatic nitrogens is 2. The molecule has 1 fully saturated rings. The first-order chi connectivity index (χ1) is 10.1. The standard InChI is InChI=1S/C16H20ClN3O/c1-11(2)20-10-15(9-19-20)21-16-7-13(17)4-3-12(16)8-18-14-5-6-14/h3-4,7,9-11,14,18H,5-6,8H2,1-2H3. The number of nitrogens with zero attached hydrogens (tertiary/aromatic N) is 2. The van der Waals surface area contributed by atoms with Crippen molar-refractivity contribution in [2.45, 2.75) is 45.3 Å². The van der Waals surface area contributed by atoms with E-state index in [1.807, 2.05) is 29.1 Å². The van der Waals surface area contributed by atoms with Gasteiger partial charge in [0.05, 0.1) is 12.4 Å². The zero-order valence-corrected chi connectivity index (χ0v) is 13.1.